The number of carbonyl (C=O) groups excluding carboxylic acids is 1. The fraction of sp³-hybridized carbons (Fsp3) is 0.833. The number of aliphatic hydroxyl groups excluding tert-OH is 4. The topological polar surface area (TPSA) is 118 Å². The van der Waals surface area contributed by atoms with E-state index in [1.54, 1.807) is 0 Å². The van der Waals surface area contributed by atoms with E-state index in [2.05, 4.69) is 0 Å². The van der Waals surface area contributed by atoms with Crippen LogP contribution in [0.5, 0.6) is 0 Å². The van der Waals surface area contributed by atoms with E-state index < -0.39 is 31.0 Å². The second kappa shape index (κ2) is 4.48. The Hall–Kier alpha value is -0.530. The zero-order chi connectivity index (χ0) is 9.78. The maximum absolute atomic E-state index is 10.2. The molecule has 3 atom stereocenters. The molecule has 0 aliphatic rings. The molecule has 0 spiro atoms. The van der Waals surface area contributed by atoms with Crippen molar-refractivity contribution < 1.29 is 30.3 Å². The zero-order valence-electron chi connectivity index (χ0n) is 6.29. The molecule has 6 heteroatoms. The molecule has 0 saturated carbocycles. The number of rotatable bonds is 5. The predicted molar refractivity (Wildman–Crippen MR) is 37.2 cm³/mol. The lowest BCUT2D eigenvalue weighted by Crippen LogP contribution is -2.54. The lowest BCUT2D eigenvalue weighted by atomic mass is 9.95. The van der Waals surface area contributed by atoms with Gasteiger partial charge < -0.3 is 25.5 Å². The normalized spacial score (nSPS) is 21.1. The predicted octanol–water partition coefficient (Wildman–Crippen LogP) is -3.38. The number of carbonyl (C=O) groups is 1. The van der Waals surface area contributed by atoms with Gasteiger partial charge in [0.05, 0.1) is 13.2 Å². The molecule has 5 N–H and O–H groups in total. The average Bonchev–Trinajstić information content (AvgIpc) is 2.14. The molecular formula is C6H12O6. The SMILES string of the molecule is O=C[C@](O)(CO)[C@@H](O)[C@H](O)CO. The summed E-state index contributed by atoms with van der Waals surface area (Å²) in [4.78, 5) is 10.2. The lowest BCUT2D eigenvalue weighted by molar-refractivity contribution is -0.162. The molecule has 0 unspecified atom stereocenters. The van der Waals surface area contributed by atoms with Crippen molar-refractivity contribution in [3.05, 3.63) is 0 Å². The smallest absolute Gasteiger partial charge is 0.171 e. The van der Waals surface area contributed by atoms with Crippen LogP contribution in [0, 0.1) is 0 Å². The van der Waals surface area contributed by atoms with E-state index in [9.17, 15) is 4.79 Å². The molecule has 0 aromatic rings. The van der Waals surface area contributed by atoms with Crippen LogP contribution in [0.25, 0.3) is 0 Å². The van der Waals surface area contributed by atoms with E-state index in [4.69, 9.17) is 25.5 Å². The maximum atomic E-state index is 10.2. The first-order valence-electron chi connectivity index (χ1n) is 3.28. The minimum atomic E-state index is -2.41. The van der Waals surface area contributed by atoms with Crippen molar-refractivity contribution in [2.45, 2.75) is 17.8 Å². The number of aliphatic hydroxyl groups is 5. The quantitative estimate of drug-likeness (QED) is 0.282. The van der Waals surface area contributed by atoms with E-state index in [0.717, 1.165) is 0 Å². The highest BCUT2D eigenvalue weighted by Crippen LogP contribution is 2.10. The second-order valence-electron chi connectivity index (χ2n) is 2.46. The Balaban J connectivity index is 4.40. The van der Waals surface area contributed by atoms with Gasteiger partial charge >= 0.3 is 0 Å². The average molecular weight is 180 g/mol. The zero-order valence-corrected chi connectivity index (χ0v) is 6.29. The van der Waals surface area contributed by atoms with Crippen LogP contribution >= 0.6 is 0 Å². The Labute approximate surface area is 68.7 Å². The summed E-state index contributed by atoms with van der Waals surface area (Å²) in [5, 5.41) is 43.6. The molecule has 12 heavy (non-hydrogen) atoms. The molecule has 0 heterocycles. The van der Waals surface area contributed by atoms with Gasteiger partial charge in [-0.2, -0.15) is 0 Å². The summed E-state index contributed by atoms with van der Waals surface area (Å²) in [5.74, 6) is 0. The molecular weight excluding hydrogens is 168 g/mol. The van der Waals surface area contributed by atoms with Crippen LogP contribution in [-0.4, -0.2) is 62.8 Å². The first-order valence-corrected chi connectivity index (χ1v) is 3.28. The van der Waals surface area contributed by atoms with Gasteiger partial charge in [0.1, 0.15) is 12.2 Å². The minimum absolute atomic E-state index is 0.0868. The largest absolute Gasteiger partial charge is 0.394 e. The Morgan fingerprint density at radius 2 is 1.83 bits per heavy atom. The van der Waals surface area contributed by atoms with Crippen molar-refractivity contribution in [2.75, 3.05) is 13.2 Å². The van der Waals surface area contributed by atoms with Crippen LogP contribution in [-0.2, 0) is 4.79 Å². The molecule has 0 amide bonds. The summed E-state index contributed by atoms with van der Waals surface area (Å²) < 4.78 is 0. The molecule has 0 fully saturated rings. The summed E-state index contributed by atoms with van der Waals surface area (Å²) in [6, 6.07) is 0. The minimum Gasteiger partial charge on any atom is -0.394 e. The summed E-state index contributed by atoms with van der Waals surface area (Å²) in [7, 11) is 0. The van der Waals surface area contributed by atoms with Gasteiger partial charge in [0.25, 0.3) is 0 Å². The monoisotopic (exact) mass is 180 g/mol. The molecule has 0 rings (SSSR count). The highest BCUT2D eigenvalue weighted by molar-refractivity contribution is 5.63. The Morgan fingerprint density at radius 1 is 1.33 bits per heavy atom. The molecule has 0 bridgehead atoms. The van der Waals surface area contributed by atoms with Crippen molar-refractivity contribution in [1.82, 2.24) is 0 Å². The van der Waals surface area contributed by atoms with Crippen LogP contribution in [0.15, 0.2) is 0 Å². The van der Waals surface area contributed by atoms with E-state index in [0.29, 0.717) is 0 Å². The third-order valence-electron chi connectivity index (χ3n) is 1.52. The molecule has 0 aliphatic carbocycles. The van der Waals surface area contributed by atoms with Crippen molar-refractivity contribution in [2.24, 2.45) is 0 Å². The van der Waals surface area contributed by atoms with Gasteiger partial charge in [0.2, 0.25) is 0 Å². The molecule has 0 radical (unpaired) electrons. The van der Waals surface area contributed by atoms with Gasteiger partial charge in [-0.05, 0) is 0 Å². The first kappa shape index (κ1) is 11.5. The standard InChI is InChI=1S/C6H12O6/c7-1-4(10)5(11)6(12,2-8)3-9/h2,4-5,7,9-12H,1,3H2/t4-,5+,6+/m1/s1. The van der Waals surface area contributed by atoms with Crippen LogP contribution in [0.1, 0.15) is 0 Å². The van der Waals surface area contributed by atoms with Crippen molar-refractivity contribution in [3.63, 3.8) is 0 Å². The molecule has 6 nitrogen and oxygen atoms in total. The van der Waals surface area contributed by atoms with Crippen LogP contribution in [0.3, 0.4) is 0 Å². The van der Waals surface area contributed by atoms with Gasteiger partial charge in [0.15, 0.2) is 11.9 Å². The van der Waals surface area contributed by atoms with E-state index in [1.807, 2.05) is 0 Å². The molecule has 0 aromatic heterocycles. The molecule has 0 saturated heterocycles. The Morgan fingerprint density at radius 3 is 2.08 bits per heavy atom. The lowest BCUT2D eigenvalue weighted by Gasteiger charge is -2.27. The third kappa shape index (κ3) is 2.23. The summed E-state index contributed by atoms with van der Waals surface area (Å²) >= 11 is 0. The number of hydrogen-bond acceptors (Lipinski definition) is 6. The van der Waals surface area contributed by atoms with Gasteiger partial charge in [0, 0.05) is 0 Å². The van der Waals surface area contributed by atoms with Crippen molar-refractivity contribution in [1.29, 1.82) is 0 Å². The van der Waals surface area contributed by atoms with E-state index in [-0.39, 0.29) is 6.29 Å². The molecule has 72 valence electrons. The van der Waals surface area contributed by atoms with Gasteiger partial charge in [-0.1, -0.05) is 0 Å². The van der Waals surface area contributed by atoms with E-state index >= 15 is 0 Å². The van der Waals surface area contributed by atoms with Gasteiger partial charge in [-0.25, -0.2) is 0 Å². The number of aldehydes is 1. The molecule has 0 aromatic carbocycles. The third-order valence-corrected chi connectivity index (χ3v) is 1.52. The van der Waals surface area contributed by atoms with Crippen LogP contribution < -0.4 is 0 Å². The van der Waals surface area contributed by atoms with E-state index in [1.165, 1.54) is 0 Å². The summed E-state index contributed by atoms with van der Waals surface area (Å²) in [6.45, 7) is -1.83. The highest BCUT2D eigenvalue weighted by atomic mass is 16.4. The Bertz CT molecular complexity index is 149. The van der Waals surface area contributed by atoms with Gasteiger partial charge in [-0.15, -0.1) is 0 Å². The Kier molecular flexibility index (Phi) is 4.29. The second-order valence-corrected chi connectivity index (χ2v) is 2.46. The van der Waals surface area contributed by atoms with Gasteiger partial charge in [-0.3, -0.25) is 4.79 Å². The first-order chi connectivity index (χ1) is 5.51. The van der Waals surface area contributed by atoms with Crippen LogP contribution in [0.4, 0.5) is 0 Å². The highest BCUT2D eigenvalue weighted by Gasteiger charge is 2.39. The number of hydrogen-bond donors (Lipinski definition) is 5. The van der Waals surface area contributed by atoms with Crippen molar-refractivity contribution in [3.8, 4) is 0 Å². The maximum Gasteiger partial charge on any atom is 0.171 e. The molecule has 0 aliphatic heterocycles. The fourth-order valence-corrected chi connectivity index (χ4v) is 0.634. The summed E-state index contributed by atoms with van der Waals surface area (Å²) in [6.07, 6.45) is -3.64. The fourth-order valence-electron chi connectivity index (χ4n) is 0.634. The summed E-state index contributed by atoms with van der Waals surface area (Å²) in [5.41, 5.74) is -2.41. The van der Waals surface area contributed by atoms with Crippen LogP contribution in [0.2, 0.25) is 0 Å². The van der Waals surface area contributed by atoms with Crippen molar-refractivity contribution >= 4 is 6.29 Å².